The van der Waals surface area contributed by atoms with Gasteiger partial charge in [0.05, 0.1) is 17.2 Å². The van der Waals surface area contributed by atoms with Gasteiger partial charge in [-0.05, 0) is 30.0 Å². The number of aromatic nitrogens is 1. The molecule has 0 aliphatic carbocycles. The van der Waals surface area contributed by atoms with Crippen molar-refractivity contribution in [1.29, 1.82) is 0 Å². The van der Waals surface area contributed by atoms with E-state index >= 15 is 0 Å². The van der Waals surface area contributed by atoms with Crippen molar-refractivity contribution in [1.82, 2.24) is 4.98 Å². The molecule has 6 heteroatoms. The molecule has 2 aromatic heterocycles. The molecule has 0 amide bonds. The van der Waals surface area contributed by atoms with Crippen LogP contribution in [0.3, 0.4) is 0 Å². The molecule has 4 rings (SSSR count). The Morgan fingerprint density at radius 1 is 1.03 bits per heavy atom. The fraction of sp³-hybridized carbons (Fsp3) is 0.120. The Morgan fingerprint density at radius 3 is 2.39 bits per heavy atom. The summed E-state index contributed by atoms with van der Waals surface area (Å²) in [5.41, 5.74) is 10.0. The largest absolute Gasteiger partial charge is 0.463 e. The van der Waals surface area contributed by atoms with E-state index in [9.17, 15) is 4.79 Å². The Kier molecular flexibility index (Phi) is 6.29. The molecular formula is C25H22N2O3S. The number of hydrogen-bond acceptors (Lipinski definition) is 6. The highest BCUT2D eigenvalue weighted by atomic mass is 32.1. The average Bonchev–Trinajstić information content (AvgIpc) is 3.35. The lowest BCUT2D eigenvalue weighted by molar-refractivity contribution is -0.151. The van der Waals surface area contributed by atoms with E-state index in [1.807, 2.05) is 84.2 Å². The maximum absolute atomic E-state index is 12.7. The minimum Gasteiger partial charge on any atom is -0.463 e. The van der Waals surface area contributed by atoms with Crippen LogP contribution in [0.5, 0.6) is 5.88 Å². The van der Waals surface area contributed by atoms with Crippen LogP contribution in [0.1, 0.15) is 18.6 Å². The van der Waals surface area contributed by atoms with Crippen LogP contribution >= 0.6 is 11.3 Å². The molecule has 31 heavy (non-hydrogen) atoms. The standard InChI is InChI=1S/C25H22N2O3S/c1-2-29-25(28)23(18-12-7-4-8-13-18)30-24-22(26)19(17-10-5-3-6-11-17)16-20(27-24)21-14-9-15-31-21/h3-16,23H,2,26H2,1H3. The third kappa shape index (κ3) is 4.59. The number of nitrogen functional groups attached to an aromatic ring is 1. The molecule has 0 aliphatic heterocycles. The van der Waals surface area contributed by atoms with Gasteiger partial charge in [-0.25, -0.2) is 9.78 Å². The van der Waals surface area contributed by atoms with Gasteiger partial charge in [0.2, 0.25) is 12.0 Å². The molecule has 0 saturated heterocycles. The molecule has 4 aromatic rings. The van der Waals surface area contributed by atoms with Crippen LogP contribution in [0.2, 0.25) is 0 Å². The number of carbonyl (C=O) groups is 1. The number of rotatable bonds is 7. The van der Waals surface area contributed by atoms with E-state index < -0.39 is 12.1 Å². The lowest BCUT2D eigenvalue weighted by atomic mass is 10.0. The first kappa shape index (κ1) is 20.6. The Labute approximate surface area is 185 Å². The van der Waals surface area contributed by atoms with Crippen LogP contribution in [0, 0.1) is 0 Å². The van der Waals surface area contributed by atoms with Gasteiger partial charge >= 0.3 is 5.97 Å². The number of carbonyl (C=O) groups excluding carboxylic acids is 1. The molecular weight excluding hydrogens is 408 g/mol. The van der Waals surface area contributed by atoms with Gasteiger partial charge in [-0.15, -0.1) is 11.3 Å². The highest BCUT2D eigenvalue weighted by Crippen LogP contribution is 2.38. The third-order valence-electron chi connectivity index (χ3n) is 4.71. The van der Waals surface area contributed by atoms with Crippen LogP contribution < -0.4 is 10.5 Å². The van der Waals surface area contributed by atoms with Crippen molar-refractivity contribution in [2.24, 2.45) is 0 Å². The fourth-order valence-corrected chi connectivity index (χ4v) is 3.92. The average molecular weight is 431 g/mol. The molecule has 0 aliphatic rings. The van der Waals surface area contributed by atoms with Gasteiger partial charge in [0.15, 0.2) is 0 Å². The van der Waals surface area contributed by atoms with E-state index in [2.05, 4.69) is 4.98 Å². The first-order valence-electron chi connectivity index (χ1n) is 9.95. The van der Waals surface area contributed by atoms with E-state index in [0.29, 0.717) is 11.3 Å². The number of anilines is 1. The zero-order valence-electron chi connectivity index (χ0n) is 17.0. The van der Waals surface area contributed by atoms with Gasteiger partial charge < -0.3 is 15.2 Å². The third-order valence-corrected chi connectivity index (χ3v) is 5.61. The quantitative estimate of drug-likeness (QED) is 0.378. The number of ether oxygens (including phenoxy) is 2. The van der Waals surface area contributed by atoms with E-state index in [4.69, 9.17) is 15.2 Å². The van der Waals surface area contributed by atoms with Gasteiger partial charge in [0.25, 0.3) is 0 Å². The number of benzene rings is 2. The van der Waals surface area contributed by atoms with Crippen LogP contribution in [-0.2, 0) is 9.53 Å². The molecule has 1 unspecified atom stereocenters. The van der Waals surface area contributed by atoms with Crippen LogP contribution in [-0.4, -0.2) is 17.6 Å². The molecule has 0 bridgehead atoms. The first-order valence-corrected chi connectivity index (χ1v) is 10.8. The molecule has 2 N–H and O–H groups in total. The summed E-state index contributed by atoms with van der Waals surface area (Å²) in [5.74, 6) is -0.288. The molecule has 0 saturated carbocycles. The van der Waals surface area contributed by atoms with Gasteiger partial charge in [-0.1, -0.05) is 66.7 Å². The second-order valence-corrected chi connectivity index (χ2v) is 7.73. The highest BCUT2D eigenvalue weighted by Gasteiger charge is 2.27. The molecule has 5 nitrogen and oxygen atoms in total. The van der Waals surface area contributed by atoms with E-state index in [-0.39, 0.29) is 12.5 Å². The summed E-state index contributed by atoms with van der Waals surface area (Å²) < 4.78 is 11.4. The van der Waals surface area contributed by atoms with Gasteiger partial charge in [0.1, 0.15) is 5.69 Å². The second kappa shape index (κ2) is 9.45. The summed E-state index contributed by atoms with van der Waals surface area (Å²) in [6.45, 7) is 2.01. The fourth-order valence-electron chi connectivity index (χ4n) is 3.24. The van der Waals surface area contributed by atoms with E-state index in [1.54, 1.807) is 18.3 Å². The normalized spacial score (nSPS) is 11.6. The number of esters is 1. The number of pyridine rings is 1. The van der Waals surface area contributed by atoms with Gasteiger partial charge in [-0.2, -0.15) is 0 Å². The summed E-state index contributed by atoms with van der Waals surface area (Å²) in [6.07, 6.45) is -0.974. The van der Waals surface area contributed by atoms with Crippen molar-refractivity contribution in [2.45, 2.75) is 13.0 Å². The second-order valence-electron chi connectivity index (χ2n) is 6.78. The molecule has 0 radical (unpaired) electrons. The number of nitrogens with two attached hydrogens (primary N) is 1. The minimum absolute atomic E-state index is 0.201. The van der Waals surface area contributed by atoms with Gasteiger partial charge in [0, 0.05) is 11.1 Å². The van der Waals surface area contributed by atoms with E-state index in [0.717, 1.165) is 21.7 Å². The van der Waals surface area contributed by atoms with Crippen molar-refractivity contribution in [3.05, 3.63) is 89.8 Å². The van der Waals surface area contributed by atoms with Crippen molar-refractivity contribution in [3.8, 4) is 27.6 Å². The SMILES string of the molecule is CCOC(=O)C(Oc1nc(-c2cccs2)cc(-c2ccccc2)c1N)c1ccccc1. The zero-order chi connectivity index (χ0) is 21.6. The maximum Gasteiger partial charge on any atom is 0.352 e. The molecule has 0 fully saturated rings. The van der Waals surface area contributed by atoms with Crippen molar-refractivity contribution >= 4 is 23.0 Å². The molecule has 2 heterocycles. The Morgan fingerprint density at radius 2 is 1.74 bits per heavy atom. The summed E-state index contributed by atoms with van der Waals surface area (Å²) in [7, 11) is 0. The van der Waals surface area contributed by atoms with E-state index in [1.165, 1.54) is 0 Å². The number of hydrogen-bond donors (Lipinski definition) is 1. The molecule has 2 aromatic carbocycles. The minimum atomic E-state index is -0.974. The lowest BCUT2D eigenvalue weighted by Crippen LogP contribution is -2.22. The summed E-state index contributed by atoms with van der Waals surface area (Å²) in [5, 5.41) is 1.99. The van der Waals surface area contributed by atoms with Crippen LogP contribution in [0.4, 0.5) is 5.69 Å². The predicted octanol–water partition coefficient (Wildman–Crippen LogP) is 5.74. The van der Waals surface area contributed by atoms with Gasteiger partial charge in [-0.3, -0.25) is 0 Å². The number of thiophene rings is 1. The summed E-state index contributed by atoms with van der Waals surface area (Å²) in [4.78, 5) is 18.4. The summed E-state index contributed by atoms with van der Waals surface area (Å²) in [6, 6.07) is 24.9. The highest BCUT2D eigenvalue weighted by molar-refractivity contribution is 7.13. The topological polar surface area (TPSA) is 74.4 Å². The summed E-state index contributed by atoms with van der Waals surface area (Å²) >= 11 is 1.57. The maximum atomic E-state index is 12.7. The van der Waals surface area contributed by atoms with Crippen molar-refractivity contribution < 1.29 is 14.3 Å². The smallest absolute Gasteiger partial charge is 0.352 e. The Hall–Kier alpha value is -3.64. The first-order chi connectivity index (χ1) is 15.2. The molecule has 0 spiro atoms. The zero-order valence-corrected chi connectivity index (χ0v) is 17.8. The van der Waals surface area contributed by atoms with Crippen molar-refractivity contribution in [3.63, 3.8) is 0 Å². The Balaban J connectivity index is 1.82. The van der Waals surface area contributed by atoms with Crippen molar-refractivity contribution in [2.75, 3.05) is 12.3 Å². The monoisotopic (exact) mass is 430 g/mol. The molecule has 156 valence electrons. The van der Waals surface area contributed by atoms with Crippen LogP contribution in [0.15, 0.2) is 84.2 Å². The molecule has 1 atom stereocenters. The number of nitrogens with zero attached hydrogens (tertiary/aromatic N) is 1. The van der Waals surface area contributed by atoms with Crippen LogP contribution in [0.25, 0.3) is 21.7 Å². The Bertz CT molecular complexity index is 1150. The predicted molar refractivity (Wildman–Crippen MR) is 124 cm³/mol. The lowest BCUT2D eigenvalue weighted by Gasteiger charge is -2.20.